The summed E-state index contributed by atoms with van der Waals surface area (Å²) in [5, 5.41) is 0.750. The van der Waals surface area contributed by atoms with Crippen molar-refractivity contribution in [3.05, 3.63) is 58.8 Å². The summed E-state index contributed by atoms with van der Waals surface area (Å²) in [5.41, 5.74) is 3.15. The van der Waals surface area contributed by atoms with Crippen molar-refractivity contribution in [2.45, 2.75) is 6.92 Å². The molecule has 0 aliphatic rings. The van der Waals surface area contributed by atoms with Crippen molar-refractivity contribution in [1.82, 2.24) is 15.0 Å². The van der Waals surface area contributed by atoms with E-state index in [1.54, 1.807) is 6.20 Å². The van der Waals surface area contributed by atoms with Crippen molar-refractivity contribution in [2.24, 2.45) is 0 Å². The van der Waals surface area contributed by atoms with E-state index < -0.39 is 0 Å². The van der Waals surface area contributed by atoms with Crippen LogP contribution in [-0.4, -0.2) is 15.0 Å². The van der Waals surface area contributed by atoms with Gasteiger partial charge in [0.1, 0.15) is 11.8 Å². The van der Waals surface area contributed by atoms with Crippen LogP contribution in [0.1, 0.15) is 5.56 Å². The third-order valence-electron chi connectivity index (χ3n) is 2.94. The van der Waals surface area contributed by atoms with Gasteiger partial charge in [0.25, 0.3) is 5.56 Å². The van der Waals surface area contributed by atoms with E-state index >= 15 is 0 Å². The molecule has 0 saturated carbocycles. The minimum atomic E-state index is -0.187. The third-order valence-corrected chi connectivity index (χ3v) is 2.94. The lowest BCUT2D eigenvalue weighted by atomic mass is 10.0. The highest BCUT2D eigenvalue weighted by Crippen LogP contribution is 2.21. The molecule has 1 N–H and O–H groups in total. The van der Waals surface area contributed by atoms with Gasteiger partial charge in [0.2, 0.25) is 0 Å². The van der Waals surface area contributed by atoms with Gasteiger partial charge in [-0.15, -0.1) is 0 Å². The lowest BCUT2D eigenvalue weighted by molar-refractivity contribution is 1.17. The molecule has 0 unspecified atom stereocenters. The van der Waals surface area contributed by atoms with Crippen LogP contribution in [0.25, 0.3) is 22.2 Å². The molecule has 3 aromatic rings. The molecule has 0 spiro atoms. The van der Waals surface area contributed by atoms with Crippen molar-refractivity contribution >= 4 is 10.9 Å². The number of hydrogen-bond donors (Lipinski definition) is 1. The first-order valence-corrected chi connectivity index (χ1v) is 5.65. The number of aromatic amines is 1. The highest BCUT2D eigenvalue weighted by molar-refractivity contribution is 5.81. The molecular formula is C14H11N3O. The van der Waals surface area contributed by atoms with Gasteiger partial charge in [-0.25, -0.2) is 9.97 Å². The Balaban J connectivity index is 2.32. The van der Waals surface area contributed by atoms with Gasteiger partial charge in [0.05, 0.1) is 0 Å². The van der Waals surface area contributed by atoms with Gasteiger partial charge in [0, 0.05) is 22.8 Å². The van der Waals surface area contributed by atoms with Crippen molar-refractivity contribution in [1.29, 1.82) is 0 Å². The molecule has 0 bridgehead atoms. The Hall–Kier alpha value is -2.49. The van der Waals surface area contributed by atoms with Crippen LogP contribution < -0.4 is 5.56 Å². The summed E-state index contributed by atoms with van der Waals surface area (Å²) in [6.45, 7) is 2.01. The van der Waals surface area contributed by atoms with Crippen LogP contribution in [0.5, 0.6) is 0 Å². The van der Waals surface area contributed by atoms with E-state index in [9.17, 15) is 4.79 Å². The Bertz CT molecular complexity index is 777. The molecule has 4 nitrogen and oxygen atoms in total. The number of H-pyrrole nitrogens is 1. The Kier molecular flexibility index (Phi) is 2.41. The maximum Gasteiger partial charge on any atom is 0.275 e. The van der Waals surface area contributed by atoms with Crippen LogP contribution in [0.3, 0.4) is 0 Å². The van der Waals surface area contributed by atoms with E-state index in [1.807, 2.05) is 37.3 Å². The summed E-state index contributed by atoms with van der Waals surface area (Å²) in [4.78, 5) is 22.7. The Morgan fingerprint density at radius 2 is 2.06 bits per heavy atom. The zero-order chi connectivity index (χ0) is 12.5. The maximum absolute atomic E-state index is 11.9. The number of pyridine rings is 1. The molecular weight excluding hydrogens is 226 g/mol. The maximum atomic E-state index is 11.9. The van der Waals surface area contributed by atoms with Gasteiger partial charge >= 0.3 is 0 Å². The monoisotopic (exact) mass is 237 g/mol. The molecule has 0 amide bonds. The Labute approximate surface area is 103 Å². The number of hydrogen-bond acceptors (Lipinski definition) is 3. The van der Waals surface area contributed by atoms with Gasteiger partial charge in [-0.1, -0.05) is 24.3 Å². The molecule has 0 radical (unpaired) electrons. The first kappa shape index (κ1) is 10.7. The normalized spacial score (nSPS) is 10.7. The van der Waals surface area contributed by atoms with Gasteiger partial charge in [-0.05, 0) is 18.6 Å². The smallest absolute Gasteiger partial charge is 0.275 e. The summed E-state index contributed by atoms with van der Waals surface area (Å²) in [6.07, 6.45) is 3.03. The van der Waals surface area contributed by atoms with Crippen LogP contribution in [0.15, 0.2) is 47.7 Å². The largest absolute Gasteiger partial charge is 0.320 e. The minimum absolute atomic E-state index is 0.187. The molecule has 0 fully saturated rings. The van der Waals surface area contributed by atoms with Crippen molar-refractivity contribution in [3.63, 3.8) is 0 Å². The van der Waals surface area contributed by atoms with Crippen molar-refractivity contribution in [2.75, 3.05) is 0 Å². The molecule has 2 aromatic heterocycles. The third kappa shape index (κ3) is 1.68. The molecule has 0 aliphatic carbocycles. The highest BCUT2D eigenvalue weighted by atomic mass is 16.1. The average Bonchev–Trinajstić information content (AvgIpc) is 2.39. The fourth-order valence-corrected chi connectivity index (χ4v) is 2.03. The number of aromatic nitrogens is 3. The van der Waals surface area contributed by atoms with Crippen LogP contribution >= 0.6 is 0 Å². The summed E-state index contributed by atoms with van der Waals surface area (Å²) in [7, 11) is 0. The SMILES string of the molecule is Cc1ccccc1-c1cc2cncnc2c(=O)[nH]1. The summed E-state index contributed by atoms with van der Waals surface area (Å²) < 4.78 is 0. The molecule has 1 aromatic carbocycles. The number of aryl methyl sites for hydroxylation is 1. The van der Waals surface area contributed by atoms with E-state index in [4.69, 9.17) is 0 Å². The second-order valence-corrected chi connectivity index (χ2v) is 4.15. The molecule has 18 heavy (non-hydrogen) atoms. The zero-order valence-corrected chi connectivity index (χ0v) is 9.84. The molecule has 2 heterocycles. The number of nitrogens with one attached hydrogen (secondary N) is 1. The lowest BCUT2D eigenvalue weighted by Crippen LogP contribution is -2.09. The first-order valence-electron chi connectivity index (χ1n) is 5.65. The molecule has 88 valence electrons. The van der Waals surface area contributed by atoms with Crippen LogP contribution in [0.2, 0.25) is 0 Å². The van der Waals surface area contributed by atoms with E-state index in [0.29, 0.717) is 5.52 Å². The standard InChI is InChI=1S/C14H11N3O/c1-9-4-2-3-5-11(9)12-6-10-7-15-8-16-13(10)14(18)17-12/h2-8H,1H3,(H,17,18). The second kappa shape index (κ2) is 4.07. The van der Waals surface area contributed by atoms with Gasteiger partial charge in [-0.2, -0.15) is 0 Å². The second-order valence-electron chi connectivity index (χ2n) is 4.15. The van der Waals surface area contributed by atoms with Gasteiger partial charge < -0.3 is 4.98 Å². The highest BCUT2D eigenvalue weighted by Gasteiger charge is 2.06. The molecule has 0 atom stereocenters. The van der Waals surface area contributed by atoms with Crippen LogP contribution in [0, 0.1) is 6.92 Å². The van der Waals surface area contributed by atoms with Crippen molar-refractivity contribution in [3.8, 4) is 11.3 Å². The van der Waals surface area contributed by atoms with Gasteiger partial charge in [-0.3, -0.25) is 4.79 Å². The van der Waals surface area contributed by atoms with Crippen LogP contribution in [0.4, 0.5) is 0 Å². The minimum Gasteiger partial charge on any atom is -0.320 e. The van der Waals surface area contributed by atoms with E-state index in [0.717, 1.165) is 22.2 Å². The zero-order valence-electron chi connectivity index (χ0n) is 9.84. The number of nitrogens with zero attached hydrogens (tertiary/aromatic N) is 2. The van der Waals surface area contributed by atoms with Gasteiger partial charge in [0.15, 0.2) is 0 Å². The van der Waals surface area contributed by atoms with Crippen molar-refractivity contribution < 1.29 is 0 Å². The van der Waals surface area contributed by atoms with E-state index in [1.165, 1.54) is 6.33 Å². The molecule has 0 aliphatic heterocycles. The predicted octanol–water partition coefficient (Wildman–Crippen LogP) is 2.29. The Morgan fingerprint density at radius 1 is 1.22 bits per heavy atom. The number of benzene rings is 1. The van der Waals surface area contributed by atoms with E-state index in [2.05, 4.69) is 15.0 Å². The average molecular weight is 237 g/mol. The fraction of sp³-hybridized carbons (Fsp3) is 0.0714. The summed E-state index contributed by atoms with van der Waals surface area (Å²) >= 11 is 0. The van der Waals surface area contributed by atoms with E-state index in [-0.39, 0.29) is 5.56 Å². The lowest BCUT2D eigenvalue weighted by Gasteiger charge is -2.06. The summed E-state index contributed by atoms with van der Waals surface area (Å²) in [6, 6.07) is 9.82. The quantitative estimate of drug-likeness (QED) is 0.706. The Morgan fingerprint density at radius 3 is 2.89 bits per heavy atom. The molecule has 0 saturated heterocycles. The topological polar surface area (TPSA) is 58.6 Å². The van der Waals surface area contributed by atoms with Crippen LogP contribution in [-0.2, 0) is 0 Å². The summed E-state index contributed by atoms with van der Waals surface area (Å²) in [5.74, 6) is 0. The first-order chi connectivity index (χ1) is 8.75. The molecule has 4 heteroatoms. The molecule has 3 rings (SSSR count). The predicted molar refractivity (Wildman–Crippen MR) is 70.3 cm³/mol. The number of fused-ring (bicyclic) bond motifs is 1. The number of rotatable bonds is 1. The fourth-order valence-electron chi connectivity index (χ4n) is 2.03.